The summed E-state index contributed by atoms with van der Waals surface area (Å²) in [5.41, 5.74) is 6.25. The van der Waals surface area contributed by atoms with Crippen molar-refractivity contribution < 1.29 is 19.1 Å². The number of hydrogen-bond donors (Lipinski definition) is 1. The maximum absolute atomic E-state index is 13.3. The molecule has 41 heavy (non-hydrogen) atoms. The van der Waals surface area contributed by atoms with Crippen LogP contribution >= 0.6 is 0 Å². The van der Waals surface area contributed by atoms with Crippen LogP contribution in [-0.2, 0) is 0 Å². The van der Waals surface area contributed by atoms with E-state index in [2.05, 4.69) is 16.3 Å². The first-order valence-electron chi connectivity index (χ1n) is 13.9. The number of nitrogens with one attached hydrogen (secondary N) is 1. The van der Waals surface area contributed by atoms with Crippen molar-refractivity contribution in [2.75, 3.05) is 50.1 Å². The highest BCUT2D eigenvalue weighted by atomic mass is 16.5. The number of rotatable bonds is 8. The number of benzene rings is 4. The summed E-state index contributed by atoms with van der Waals surface area (Å²) < 4.78 is 10.8. The lowest BCUT2D eigenvalue weighted by Gasteiger charge is -2.36. The molecule has 4 aromatic rings. The monoisotopic (exact) mass is 549 g/mol. The van der Waals surface area contributed by atoms with Crippen molar-refractivity contribution in [3.63, 3.8) is 0 Å². The standard InChI is InChI=1S/C34H35N3O4/c1-4-41-31-7-5-6-26(23-31)32-17-10-27(22-24(32)2)34(39)37-20-18-36(19-21-37)29-13-8-25(9-14-29)33(38)35-28-11-15-30(40-3)16-12-28/h5-17,22-23H,4,18-21H2,1-3H3,(H,35,38). The molecule has 1 fully saturated rings. The second-order valence-corrected chi connectivity index (χ2v) is 10.00. The number of nitrogens with zero attached hydrogens (tertiary/aromatic N) is 2. The third-order valence-electron chi connectivity index (χ3n) is 7.34. The van der Waals surface area contributed by atoms with Crippen molar-refractivity contribution >= 4 is 23.2 Å². The lowest BCUT2D eigenvalue weighted by Crippen LogP contribution is -2.48. The maximum atomic E-state index is 13.3. The Bertz CT molecular complexity index is 1510. The average molecular weight is 550 g/mol. The maximum Gasteiger partial charge on any atom is 0.255 e. The van der Waals surface area contributed by atoms with E-state index in [0.717, 1.165) is 47.0 Å². The smallest absolute Gasteiger partial charge is 0.255 e. The second kappa shape index (κ2) is 12.6. The highest BCUT2D eigenvalue weighted by Crippen LogP contribution is 2.28. The Hall–Kier alpha value is -4.78. The number of carbonyl (C=O) groups excluding carboxylic acids is 2. The Morgan fingerprint density at radius 3 is 2.17 bits per heavy atom. The third-order valence-corrected chi connectivity index (χ3v) is 7.34. The van der Waals surface area contributed by atoms with Gasteiger partial charge in [0.25, 0.3) is 11.8 Å². The van der Waals surface area contributed by atoms with Crippen LogP contribution in [0.2, 0.25) is 0 Å². The Balaban J connectivity index is 1.17. The van der Waals surface area contributed by atoms with Crippen LogP contribution < -0.4 is 19.7 Å². The molecule has 0 unspecified atom stereocenters. The van der Waals surface area contributed by atoms with Gasteiger partial charge >= 0.3 is 0 Å². The Morgan fingerprint density at radius 1 is 0.805 bits per heavy atom. The Kier molecular flexibility index (Phi) is 8.53. The van der Waals surface area contributed by atoms with E-state index in [1.165, 1.54) is 0 Å². The van der Waals surface area contributed by atoms with Gasteiger partial charge in [0.2, 0.25) is 0 Å². The highest BCUT2D eigenvalue weighted by Gasteiger charge is 2.23. The lowest BCUT2D eigenvalue weighted by atomic mass is 9.97. The molecule has 1 aliphatic rings. The molecule has 0 aliphatic carbocycles. The van der Waals surface area contributed by atoms with Gasteiger partial charge in [0.05, 0.1) is 13.7 Å². The molecule has 0 aromatic heterocycles. The minimum Gasteiger partial charge on any atom is -0.497 e. The van der Waals surface area contributed by atoms with Gasteiger partial charge < -0.3 is 24.6 Å². The van der Waals surface area contributed by atoms with E-state index in [1.54, 1.807) is 7.11 Å². The third kappa shape index (κ3) is 6.52. The van der Waals surface area contributed by atoms with E-state index in [0.29, 0.717) is 36.5 Å². The van der Waals surface area contributed by atoms with Crippen molar-refractivity contribution in [3.05, 3.63) is 108 Å². The summed E-state index contributed by atoms with van der Waals surface area (Å²) in [5.74, 6) is 1.46. The van der Waals surface area contributed by atoms with Crippen LogP contribution in [0, 0.1) is 6.92 Å². The molecule has 210 valence electrons. The second-order valence-electron chi connectivity index (χ2n) is 10.00. The predicted molar refractivity (Wildman–Crippen MR) is 163 cm³/mol. The van der Waals surface area contributed by atoms with E-state index in [4.69, 9.17) is 9.47 Å². The first-order chi connectivity index (χ1) is 19.9. The summed E-state index contributed by atoms with van der Waals surface area (Å²) in [7, 11) is 1.61. The molecule has 0 spiro atoms. The molecular formula is C34H35N3O4. The Labute approximate surface area is 241 Å². The van der Waals surface area contributed by atoms with Gasteiger partial charge in [-0.1, -0.05) is 18.2 Å². The number of methoxy groups -OCH3 is 1. The molecule has 0 atom stereocenters. The molecule has 0 radical (unpaired) electrons. The van der Waals surface area contributed by atoms with Gasteiger partial charge in [-0.2, -0.15) is 0 Å². The molecule has 1 saturated heterocycles. The van der Waals surface area contributed by atoms with Gasteiger partial charge in [-0.25, -0.2) is 0 Å². The number of aryl methyl sites for hydroxylation is 1. The van der Waals surface area contributed by atoms with Crippen LogP contribution in [0.25, 0.3) is 11.1 Å². The van der Waals surface area contributed by atoms with Gasteiger partial charge in [0.15, 0.2) is 0 Å². The Morgan fingerprint density at radius 2 is 1.51 bits per heavy atom. The van der Waals surface area contributed by atoms with Crippen LogP contribution in [0.5, 0.6) is 11.5 Å². The van der Waals surface area contributed by atoms with Gasteiger partial charge in [0.1, 0.15) is 11.5 Å². The fourth-order valence-corrected chi connectivity index (χ4v) is 5.09. The van der Waals surface area contributed by atoms with E-state index in [1.807, 2.05) is 104 Å². The highest BCUT2D eigenvalue weighted by molar-refractivity contribution is 6.04. The molecule has 5 rings (SSSR count). The summed E-state index contributed by atoms with van der Waals surface area (Å²) in [6.45, 7) is 7.36. The van der Waals surface area contributed by atoms with Crippen molar-refractivity contribution in [2.24, 2.45) is 0 Å². The summed E-state index contributed by atoms with van der Waals surface area (Å²) in [6.07, 6.45) is 0. The van der Waals surface area contributed by atoms with Crippen LogP contribution in [-0.4, -0.2) is 56.6 Å². The van der Waals surface area contributed by atoms with Crippen LogP contribution in [0.15, 0.2) is 91.0 Å². The van der Waals surface area contributed by atoms with Crippen molar-refractivity contribution in [1.82, 2.24) is 4.90 Å². The number of carbonyl (C=O) groups is 2. The molecule has 7 nitrogen and oxygen atoms in total. The van der Waals surface area contributed by atoms with Crippen molar-refractivity contribution in [1.29, 1.82) is 0 Å². The van der Waals surface area contributed by atoms with Crippen LogP contribution in [0.3, 0.4) is 0 Å². The van der Waals surface area contributed by atoms with Crippen molar-refractivity contribution in [2.45, 2.75) is 13.8 Å². The molecule has 1 heterocycles. The topological polar surface area (TPSA) is 71.1 Å². The zero-order valence-electron chi connectivity index (χ0n) is 23.7. The molecule has 0 bridgehead atoms. The molecular weight excluding hydrogens is 514 g/mol. The normalized spacial score (nSPS) is 13.0. The van der Waals surface area contributed by atoms with E-state index in [-0.39, 0.29) is 11.8 Å². The average Bonchev–Trinajstić information content (AvgIpc) is 3.01. The fourth-order valence-electron chi connectivity index (χ4n) is 5.09. The number of anilines is 2. The first kappa shape index (κ1) is 27.8. The quantitative estimate of drug-likeness (QED) is 0.280. The number of piperazine rings is 1. The zero-order valence-corrected chi connectivity index (χ0v) is 23.7. The molecule has 1 N–H and O–H groups in total. The molecule has 1 aliphatic heterocycles. The summed E-state index contributed by atoms with van der Waals surface area (Å²) >= 11 is 0. The minimum atomic E-state index is -0.166. The first-order valence-corrected chi connectivity index (χ1v) is 13.9. The fraction of sp³-hybridized carbons (Fsp3) is 0.235. The molecule has 4 aromatic carbocycles. The summed E-state index contributed by atoms with van der Waals surface area (Å²) in [6, 6.07) is 28.8. The van der Waals surface area contributed by atoms with E-state index < -0.39 is 0 Å². The summed E-state index contributed by atoms with van der Waals surface area (Å²) in [5, 5.41) is 2.91. The molecule has 7 heteroatoms. The largest absolute Gasteiger partial charge is 0.497 e. The number of ether oxygens (including phenoxy) is 2. The van der Waals surface area contributed by atoms with Crippen LogP contribution in [0.1, 0.15) is 33.2 Å². The predicted octanol–water partition coefficient (Wildman–Crippen LogP) is 6.28. The minimum absolute atomic E-state index is 0.0490. The summed E-state index contributed by atoms with van der Waals surface area (Å²) in [4.78, 5) is 30.2. The van der Waals surface area contributed by atoms with Crippen molar-refractivity contribution in [3.8, 4) is 22.6 Å². The SMILES string of the molecule is CCOc1cccc(-c2ccc(C(=O)N3CCN(c4ccc(C(=O)Nc5ccc(OC)cc5)cc4)CC3)cc2C)c1. The lowest BCUT2D eigenvalue weighted by molar-refractivity contribution is 0.0746. The van der Waals surface area contributed by atoms with Gasteiger partial charge in [0, 0.05) is 48.7 Å². The number of amides is 2. The number of hydrogen-bond acceptors (Lipinski definition) is 5. The molecule has 2 amide bonds. The van der Waals surface area contributed by atoms with E-state index in [9.17, 15) is 9.59 Å². The van der Waals surface area contributed by atoms with Gasteiger partial charge in [-0.15, -0.1) is 0 Å². The zero-order chi connectivity index (χ0) is 28.8. The molecule has 0 saturated carbocycles. The van der Waals surface area contributed by atoms with E-state index >= 15 is 0 Å². The van der Waals surface area contributed by atoms with Gasteiger partial charge in [-0.05, 0) is 103 Å². The van der Waals surface area contributed by atoms with Crippen LogP contribution in [0.4, 0.5) is 11.4 Å². The van der Waals surface area contributed by atoms with Gasteiger partial charge in [-0.3, -0.25) is 9.59 Å².